The fraction of sp³-hybridized carbons (Fsp3) is 0.190. The number of nitrogens with zero attached hydrogens (tertiary/aromatic N) is 5. The van der Waals surface area contributed by atoms with Crippen LogP contribution in [-0.2, 0) is 0 Å². The van der Waals surface area contributed by atoms with E-state index in [1.54, 1.807) is 43.3 Å². The molecule has 0 fully saturated rings. The first kappa shape index (κ1) is 21.4. The van der Waals surface area contributed by atoms with E-state index < -0.39 is 12.7 Å². The summed E-state index contributed by atoms with van der Waals surface area (Å²) in [7, 11) is 1.30. The maximum absolute atomic E-state index is 12.9. The Morgan fingerprint density at radius 3 is 2.32 bits per heavy atom. The third-order valence-electron chi connectivity index (χ3n) is 4.66. The average molecular weight is 466 g/mol. The van der Waals surface area contributed by atoms with Gasteiger partial charge < -0.3 is 4.90 Å². The fourth-order valence-electron chi connectivity index (χ4n) is 3.28. The van der Waals surface area contributed by atoms with Crippen molar-refractivity contribution in [1.82, 2.24) is 19.6 Å². The highest BCUT2D eigenvalue weighted by molar-refractivity contribution is 6.33. The van der Waals surface area contributed by atoms with Crippen LogP contribution in [0.3, 0.4) is 0 Å². The van der Waals surface area contributed by atoms with Crippen molar-refractivity contribution in [2.75, 3.05) is 18.5 Å². The SMILES string of the molecule is Cc1nc(N(C)CC(F)(F)F)nc2c(-c3ccc(Cl)cc3)c(-c3ccccc3Cl)nn12. The molecular formula is C21H16Cl2F3N5. The van der Waals surface area contributed by atoms with Crippen molar-refractivity contribution in [3.8, 4) is 22.4 Å². The van der Waals surface area contributed by atoms with Crippen LogP contribution in [0.4, 0.5) is 19.1 Å². The molecule has 0 aliphatic rings. The molecule has 5 nitrogen and oxygen atoms in total. The average Bonchev–Trinajstić information content (AvgIpc) is 3.07. The Hall–Kier alpha value is -2.84. The smallest absolute Gasteiger partial charge is 0.335 e. The molecule has 0 atom stereocenters. The largest absolute Gasteiger partial charge is 0.406 e. The molecule has 0 aliphatic heterocycles. The van der Waals surface area contributed by atoms with E-state index in [0.29, 0.717) is 38.3 Å². The molecule has 0 bridgehead atoms. The molecule has 160 valence electrons. The first-order chi connectivity index (χ1) is 14.6. The van der Waals surface area contributed by atoms with E-state index in [9.17, 15) is 13.2 Å². The molecule has 31 heavy (non-hydrogen) atoms. The van der Waals surface area contributed by atoms with Crippen LogP contribution in [0, 0.1) is 6.92 Å². The maximum atomic E-state index is 12.9. The summed E-state index contributed by atoms with van der Waals surface area (Å²) in [6.07, 6.45) is -4.39. The summed E-state index contributed by atoms with van der Waals surface area (Å²) < 4.78 is 40.3. The molecule has 2 aromatic heterocycles. The highest BCUT2D eigenvalue weighted by Crippen LogP contribution is 2.38. The van der Waals surface area contributed by atoms with Gasteiger partial charge in [-0.1, -0.05) is 53.5 Å². The Balaban J connectivity index is 2.00. The molecule has 0 radical (unpaired) electrons. The molecular weight excluding hydrogens is 450 g/mol. The normalized spacial score (nSPS) is 11.8. The van der Waals surface area contributed by atoms with Crippen LogP contribution in [0.25, 0.3) is 28.0 Å². The van der Waals surface area contributed by atoms with E-state index in [0.717, 1.165) is 10.5 Å². The molecule has 0 spiro atoms. The van der Waals surface area contributed by atoms with E-state index in [4.69, 9.17) is 23.2 Å². The monoisotopic (exact) mass is 465 g/mol. The lowest BCUT2D eigenvalue weighted by Crippen LogP contribution is -2.32. The van der Waals surface area contributed by atoms with E-state index in [1.165, 1.54) is 11.6 Å². The van der Waals surface area contributed by atoms with Crippen LogP contribution >= 0.6 is 23.2 Å². The lowest BCUT2D eigenvalue weighted by molar-refractivity contribution is -0.119. The summed E-state index contributed by atoms with van der Waals surface area (Å²) in [6, 6.07) is 14.3. The minimum absolute atomic E-state index is 0.0526. The van der Waals surface area contributed by atoms with Crippen LogP contribution in [-0.4, -0.2) is 39.4 Å². The van der Waals surface area contributed by atoms with Gasteiger partial charge >= 0.3 is 6.18 Å². The van der Waals surface area contributed by atoms with Gasteiger partial charge in [0, 0.05) is 17.6 Å². The topological polar surface area (TPSA) is 46.3 Å². The number of hydrogen-bond donors (Lipinski definition) is 0. The molecule has 2 heterocycles. The molecule has 0 aliphatic carbocycles. The minimum Gasteiger partial charge on any atom is -0.335 e. The van der Waals surface area contributed by atoms with Gasteiger partial charge in [-0.15, -0.1) is 0 Å². The number of anilines is 1. The lowest BCUT2D eigenvalue weighted by atomic mass is 10.0. The molecule has 0 unspecified atom stereocenters. The predicted molar refractivity (Wildman–Crippen MR) is 116 cm³/mol. The van der Waals surface area contributed by atoms with E-state index in [-0.39, 0.29) is 5.95 Å². The van der Waals surface area contributed by atoms with Crippen molar-refractivity contribution < 1.29 is 13.2 Å². The second-order valence-corrected chi connectivity index (χ2v) is 7.83. The van der Waals surface area contributed by atoms with Gasteiger partial charge in [-0.05, 0) is 30.7 Å². The van der Waals surface area contributed by atoms with E-state index >= 15 is 0 Å². The predicted octanol–water partition coefficient (Wildman–Crippen LogP) is 6.07. The quantitative estimate of drug-likeness (QED) is 0.366. The van der Waals surface area contributed by atoms with Crippen molar-refractivity contribution in [3.05, 3.63) is 64.4 Å². The van der Waals surface area contributed by atoms with Gasteiger partial charge in [-0.3, -0.25) is 0 Å². The van der Waals surface area contributed by atoms with Crippen molar-refractivity contribution in [1.29, 1.82) is 0 Å². The van der Waals surface area contributed by atoms with Crippen molar-refractivity contribution in [2.24, 2.45) is 0 Å². The minimum atomic E-state index is -4.39. The summed E-state index contributed by atoms with van der Waals surface area (Å²) in [5, 5.41) is 5.69. The van der Waals surface area contributed by atoms with Crippen LogP contribution in [0.5, 0.6) is 0 Å². The number of aromatic nitrogens is 4. The van der Waals surface area contributed by atoms with E-state index in [1.807, 2.05) is 12.1 Å². The molecule has 4 aromatic rings. The van der Waals surface area contributed by atoms with Gasteiger partial charge in [0.2, 0.25) is 5.95 Å². The fourth-order valence-corrected chi connectivity index (χ4v) is 3.64. The van der Waals surface area contributed by atoms with Crippen LogP contribution in [0.2, 0.25) is 10.0 Å². The first-order valence-corrected chi connectivity index (χ1v) is 9.96. The van der Waals surface area contributed by atoms with Crippen LogP contribution in [0.1, 0.15) is 5.82 Å². The number of rotatable bonds is 4. The standard InChI is InChI=1S/C21H16Cl2F3N5/c1-12-27-20(30(2)11-21(24,25)26)28-19-17(13-7-9-14(22)10-8-13)18(29-31(12)19)15-5-3-4-6-16(15)23/h3-10H,11H2,1-2H3. The molecule has 0 N–H and O–H groups in total. The highest BCUT2D eigenvalue weighted by atomic mass is 35.5. The molecule has 4 rings (SSSR count). The Morgan fingerprint density at radius 2 is 1.68 bits per heavy atom. The molecule has 10 heteroatoms. The van der Waals surface area contributed by atoms with Gasteiger partial charge in [-0.2, -0.15) is 32.8 Å². The number of benzene rings is 2. The van der Waals surface area contributed by atoms with Crippen LogP contribution in [0.15, 0.2) is 48.5 Å². The second kappa shape index (κ2) is 8.01. The summed E-state index contributed by atoms with van der Waals surface area (Å²) in [5.74, 6) is 0.339. The highest BCUT2D eigenvalue weighted by Gasteiger charge is 2.31. The van der Waals surface area contributed by atoms with Gasteiger partial charge in [0.05, 0.1) is 10.6 Å². The Bertz CT molecular complexity index is 1250. The third kappa shape index (κ3) is 4.31. The Kier molecular flexibility index (Phi) is 5.53. The Labute approximate surface area is 186 Å². The zero-order valence-electron chi connectivity index (χ0n) is 16.5. The lowest BCUT2D eigenvalue weighted by Gasteiger charge is -2.19. The molecule has 2 aromatic carbocycles. The number of aryl methyl sites for hydroxylation is 1. The number of hydrogen-bond acceptors (Lipinski definition) is 4. The van der Waals surface area contributed by atoms with Gasteiger partial charge in [0.25, 0.3) is 0 Å². The zero-order chi connectivity index (χ0) is 22.3. The van der Waals surface area contributed by atoms with Crippen molar-refractivity contribution in [2.45, 2.75) is 13.1 Å². The van der Waals surface area contributed by atoms with Gasteiger partial charge in [0.15, 0.2) is 5.65 Å². The number of alkyl halides is 3. The maximum Gasteiger partial charge on any atom is 0.406 e. The van der Waals surface area contributed by atoms with Crippen LogP contribution < -0.4 is 4.90 Å². The zero-order valence-corrected chi connectivity index (χ0v) is 18.0. The van der Waals surface area contributed by atoms with E-state index in [2.05, 4.69) is 15.1 Å². The number of halogens is 5. The second-order valence-electron chi connectivity index (χ2n) is 6.99. The van der Waals surface area contributed by atoms with Crippen molar-refractivity contribution in [3.63, 3.8) is 0 Å². The molecule has 0 saturated carbocycles. The van der Waals surface area contributed by atoms with Gasteiger partial charge in [-0.25, -0.2) is 0 Å². The summed E-state index contributed by atoms with van der Waals surface area (Å²) in [6.45, 7) is 0.485. The Morgan fingerprint density at radius 1 is 1.00 bits per heavy atom. The van der Waals surface area contributed by atoms with Gasteiger partial charge in [0.1, 0.15) is 18.1 Å². The first-order valence-electron chi connectivity index (χ1n) is 9.20. The summed E-state index contributed by atoms with van der Waals surface area (Å²) >= 11 is 12.5. The summed E-state index contributed by atoms with van der Waals surface area (Å²) in [4.78, 5) is 9.62. The molecule has 0 amide bonds. The number of fused-ring (bicyclic) bond motifs is 1. The third-order valence-corrected chi connectivity index (χ3v) is 5.24. The summed E-state index contributed by atoms with van der Waals surface area (Å²) in [5.41, 5.74) is 2.95. The molecule has 0 saturated heterocycles. The van der Waals surface area contributed by atoms with Crippen molar-refractivity contribution >= 4 is 34.8 Å².